The fraction of sp³-hybridized carbons (Fsp3) is 0.0877. The van der Waals surface area contributed by atoms with Crippen LogP contribution in [0.2, 0.25) is 0 Å². The number of benzene rings is 10. The SMILES string of the molecule is CC1(C)c2ccccc2-c2cc3c4c(c21)C(c1ccccc1)(c1ccccc1)c1cc2cccc5ccc6cc(c-4c1c6c52)C3(c1ccccc1)c1ccccc1. The largest absolute Gasteiger partial charge is 0.0717 e. The van der Waals surface area contributed by atoms with Crippen LogP contribution >= 0.6 is 0 Å². The average Bonchev–Trinajstić information content (AvgIpc) is 3.69. The maximum atomic E-state index is 2.64. The van der Waals surface area contributed by atoms with Crippen molar-refractivity contribution in [1.82, 2.24) is 0 Å². The third kappa shape index (κ3) is 3.58. The van der Waals surface area contributed by atoms with E-state index in [1.54, 1.807) is 0 Å². The van der Waals surface area contributed by atoms with E-state index in [4.69, 9.17) is 0 Å². The van der Waals surface area contributed by atoms with Crippen LogP contribution in [0.25, 0.3) is 54.6 Å². The van der Waals surface area contributed by atoms with Crippen LogP contribution in [0.1, 0.15) is 69.5 Å². The third-order valence-corrected chi connectivity index (χ3v) is 14.3. The summed E-state index contributed by atoms with van der Waals surface area (Å²) in [5.41, 5.74) is 17.7. The van der Waals surface area contributed by atoms with Gasteiger partial charge in [0.2, 0.25) is 0 Å². The molecule has 10 aromatic carbocycles. The van der Waals surface area contributed by atoms with Crippen LogP contribution in [0.5, 0.6) is 0 Å². The van der Waals surface area contributed by atoms with Crippen molar-refractivity contribution < 1.29 is 0 Å². The summed E-state index contributed by atoms with van der Waals surface area (Å²) >= 11 is 0. The van der Waals surface area contributed by atoms with Gasteiger partial charge in [-0.05, 0) is 128 Å². The van der Waals surface area contributed by atoms with Crippen molar-refractivity contribution >= 4 is 32.3 Å². The fourth-order valence-corrected chi connectivity index (χ4v) is 12.2. The molecule has 0 saturated heterocycles. The Morgan fingerprint density at radius 1 is 0.298 bits per heavy atom. The first kappa shape index (κ1) is 31.4. The molecule has 0 radical (unpaired) electrons. The van der Waals surface area contributed by atoms with Crippen LogP contribution in [0.4, 0.5) is 0 Å². The first-order chi connectivity index (χ1) is 28.1. The van der Waals surface area contributed by atoms with Crippen LogP contribution in [-0.4, -0.2) is 0 Å². The van der Waals surface area contributed by atoms with Crippen molar-refractivity contribution in [3.05, 3.63) is 250 Å². The average molecular weight is 723 g/mol. The molecule has 0 amide bonds. The van der Waals surface area contributed by atoms with E-state index < -0.39 is 10.8 Å². The summed E-state index contributed by atoms with van der Waals surface area (Å²) in [7, 11) is 0. The monoisotopic (exact) mass is 722 g/mol. The van der Waals surface area contributed by atoms with E-state index in [2.05, 4.69) is 208 Å². The zero-order valence-corrected chi connectivity index (χ0v) is 32.0. The van der Waals surface area contributed by atoms with Gasteiger partial charge in [0.25, 0.3) is 0 Å². The van der Waals surface area contributed by atoms with E-state index in [0.29, 0.717) is 0 Å². The van der Waals surface area contributed by atoms with Gasteiger partial charge >= 0.3 is 0 Å². The predicted octanol–water partition coefficient (Wildman–Crippen LogP) is 13.9. The van der Waals surface area contributed by atoms with Crippen molar-refractivity contribution in [2.24, 2.45) is 0 Å². The number of hydrogen-bond donors (Lipinski definition) is 0. The second-order valence-corrected chi connectivity index (χ2v) is 17.1. The smallest absolute Gasteiger partial charge is 0.0622 e. The van der Waals surface area contributed by atoms with Gasteiger partial charge in [-0.1, -0.05) is 190 Å². The number of rotatable bonds is 4. The Labute approximate surface area is 333 Å². The molecule has 10 aromatic rings. The predicted molar refractivity (Wildman–Crippen MR) is 237 cm³/mol. The molecule has 13 rings (SSSR count). The molecule has 0 spiro atoms. The molecule has 0 heterocycles. The highest BCUT2D eigenvalue weighted by molar-refractivity contribution is 6.29. The number of hydrogen-bond acceptors (Lipinski definition) is 0. The lowest BCUT2D eigenvalue weighted by molar-refractivity contribution is 0.628. The first-order valence-electron chi connectivity index (χ1n) is 20.4. The molecule has 3 aliphatic rings. The molecule has 0 bridgehead atoms. The van der Waals surface area contributed by atoms with Gasteiger partial charge in [0.05, 0.1) is 10.8 Å². The Kier molecular flexibility index (Phi) is 5.93. The Hall–Kier alpha value is -6.76. The number of fused-ring (bicyclic) bond motifs is 4. The lowest BCUT2D eigenvalue weighted by Gasteiger charge is -2.45. The maximum Gasteiger partial charge on any atom is 0.0717 e. The second kappa shape index (κ2) is 10.8. The molecule has 0 aromatic heterocycles. The van der Waals surface area contributed by atoms with Gasteiger partial charge in [0, 0.05) is 5.41 Å². The summed E-state index contributed by atoms with van der Waals surface area (Å²) in [6, 6.07) is 74.4. The van der Waals surface area contributed by atoms with Crippen LogP contribution in [-0.2, 0) is 16.2 Å². The molecule has 266 valence electrons. The van der Waals surface area contributed by atoms with E-state index >= 15 is 0 Å². The summed E-state index contributed by atoms with van der Waals surface area (Å²) in [6.45, 7) is 4.95. The highest BCUT2D eigenvalue weighted by atomic mass is 14.6. The quantitative estimate of drug-likeness (QED) is 0.159. The van der Waals surface area contributed by atoms with Gasteiger partial charge in [-0.2, -0.15) is 0 Å². The summed E-state index contributed by atoms with van der Waals surface area (Å²) in [5, 5.41) is 8.04. The van der Waals surface area contributed by atoms with Gasteiger partial charge in [-0.25, -0.2) is 0 Å². The Balaban J connectivity index is 1.40. The molecule has 0 nitrogen and oxygen atoms in total. The summed E-state index contributed by atoms with van der Waals surface area (Å²) in [6.07, 6.45) is 0. The van der Waals surface area contributed by atoms with Crippen molar-refractivity contribution in [2.75, 3.05) is 0 Å². The third-order valence-electron chi connectivity index (χ3n) is 14.3. The molecule has 0 N–H and O–H groups in total. The molecule has 0 atom stereocenters. The lowest BCUT2D eigenvalue weighted by atomic mass is 9.56. The molecular formula is C57H38. The van der Waals surface area contributed by atoms with Crippen molar-refractivity contribution in [2.45, 2.75) is 30.1 Å². The minimum absolute atomic E-state index is 0.259. The van der Waals surface area contributed by atoms with Crippen LogP contribution < -0.4 is 0 Å². The fourth-order valence-electron chi connectivity index (χ4n) is 12.2. The molecule has 3 aliphatic carbocycles. The van der Waals surface area contributed by atoms with Crippen LogP contribution in [0.3, 0.4) is 0 Å². The molecule has 0 saturated carbocycles. The van der Waals surface area contributed by atoms with Crippen molar-refractivity contribution in [3.63, 3.8) is 0 Å². The zero-order valence-electron chi connectivity index (χ0n) is 32.0. The van der Waals surface area contributed by atoms with E-state index in [1.165, 1.54) is 110 Å². The molecule has 0 unspecified atom stereocenters. The van der Waals surface area contributed by atoms with E-state index in [9.17, 15) is 0 Å². The maximum absolute atomic E-state index is 2.64. The van der Waals surface area contributed by atoms with Gasteiger partial charge in [0.1, 0.15) is 0 Å². The molecule has 0 heteroatoms. The summed E-state index contributed by atoms with van der Waals surface area (Å²) in [4.78, 5) is 0. The standard InChI is InChI=1S/C57H38/c1-55(2)44-29-16-15-28-42(44)43-34-47-52-51-45(56(47,38-20-7-3-8-21-38)39-22-9-4-10-23-39)33-37-31-30-35-18-17-19-36-32-46(50(51)49(37)48(35)36)57(54(52)53(43)55,40-24-11-5-12-25-40)41-26-13-6-14-27-41/h3-34H,1-2H3. The normalized spacial score (nSPS) is 16.0. The van der Waals surface area contributed by atoms with Crippen molar-refractivity contribution in [1.29, 1.82) is 0 Å². The van der Waals surface area contributed by atoms with E-state index in [1.807, 2.05) is 0 Å². The molecular weight excluding hydrogens is 685 g/mol. The summed E-state index contributed by atoms with van der Waals surface area (Å²) < 4.78 is 0. The van der Waals surface area contributed by atoms with Gasteiger partial charge in [-0.3, -0.25) is 0 Å². The van der Waals surface area contributed by atoms with E-state index in [0.717, 1.165) is 0 Å². The van der Waals surface area contributed by atoms with Gasteiger partial charge in [-0.15, -0.1) is 0 Å². The highest BCUT2D eigenvalue weighted by Gasteiger charge is 2.57. The Morgan fingerprint density at radius 2 is 0.789 bits per heavy atom. The van der Waals surface area contributed by atoms with Crippen LogP contribution in [0.15, 0.2) is 194 Å². The lowest BCUT2D eigenvalue weighted by Crippen LogP contribution is -2.37. The highest BCUT2D eigenvalue weighted by Crippen LogP contribution is 2.70. The summed E-state index contributed by atoms with van der Waals surface area (Å²) in [5.74, 6) is 0. The van der Waals surface area contributed by atoms with Crippen LogP contribution in [0, 0.1) is 0 Å². The Morgan fingerprint density at radius 3 is 1.42 bits per heavy atom. The minimum atomic E-state index is -0.630. The van der Waals surface area contributed by atoms with Gasteiger partial charge < -0.3 is 0 Å². The molecule has 0 aliphatic heterocycles. The first-order valence-corrected chi connectivity index (χ1v) is 20.4. The zero-order chi connectivity index (χ0) is 37.7. The molecule has 57 heavy (non-hydrogen) atoms. The van der Waals surface area contributed by atoms with E-state index in [-0.39, 0.29) is 5.41 Å². The van der Waals surface area contributed by atoms with Crippen molar-refractivity contribution in [3.8, 4) is 22.3 Å². The minimum Gasteiger partial charge on any atom is -0.0622 e. The topological polar surface area (TPSA) is 0 Å². The molecule has 0 fully saturated rings. The second-order valence-electron chi connectivity index (χ2n) is 17.1. The van der Waals surface area contributed by atoms with Gasteiger partial charge in [0.15, 0.2) is 0 Å². The Bertz CT molecular complexity index is 3200.